The van der Waals surface area contributed by atoms with Crippen molar-refractivity contribution in [1.82, 2.24) is 0 Å². The lowest BCUT2D eigenvalue weighted by atomic mass is 9.92. The van der Waals surface area contributed by atoms with Crippen LogP contribution in [0.15, 0.2) is 12.1 Å². The zero-order chi connectivity index (χ0) is 15.6. The number of carbonyl (C=O) groups is 2. The fourth-order valence-electron chi connectivity index (χ4n) is 2.17. The van der Waals surface area contributed by atoms with E-state index in [2.05, 4.69) is 0 Å². The maximum absolute atomic E-state index is 12.0. The number of rotatable bonds is 4. The Bertz CT molecular complexity index is 576. The second-order valence-corrected chi connectivity index (χ2v) is 5.37. The van der Waals surface area contributed by atoms with Crippen molar-refractivity contribution in [2.45, 2.75) is 32.8 Å². The lowest BCUT2D eigenvalue weighted by Gasteiger charge is -2.32. The molecule has 2 rings (SSSR count). The molecule has 1 aliphatic rings. The van der Waals surface area contributed by atoms with Gasteiger partial charge in [0.1, 0.15) is 28.4 Å². The van der Waals surface area contributed by atoms with Gasteiger partial charge in [-0.2, -0.15) is 0 Å². The second-order valence-electron chi connectivity index (χ2n) is 5.37. The topological polar surface area (TPSA) is 82.1 Å². The first-order chi connectivity index (χ1) is 9.82. The average Bonchev–Trinajstić information content (AvgIpc) is 2.34. The van der Waals surface area contributed by atoms with Crippen LogP contribution in [0.3, 0.4) is 0 Å². The molecule has 6 heteroatoms. The summed E-state index contributed by atoms with van der Waals surface area (Å²) in [6, 6.07) is 2.78. The molecule has 0 aromatic heterocycles. The van der Waals surface area contributed by atoms with Gasteiger partial charge in [-0.15, -0.1) is 0 Å². The molecule has 1 aromatic rings. The Morgan fingerprint density at radius 2 is 2.14 bits per heavy atom. The van der Waals surface area contributed by atoms with Gasteiger partial charge >= 0.3 is 5.97 Å². The van der Waals surface area contributed by atoms with E-state index in [1.54, 1.807) is 20.8 Å². The summed E-state index contributed by atoms with van der Waals surface area (Å²) in [7, 11) is 0. The third kappa shape index (κ3) is 3.45. The second kappa shape index (κ2) is 5.63. The molecule has 0 fully saturated rings. The highest BCUT2D eigenvalue weighted by Gasteiger charge is 2.34. The van der Waals surface area contributed by atoms with Crippen molar-refractivity contribution in [2.75, 3.05) is 13.2 Å². The first kappa shape index (κ1) is 15.2. The number of aromatic hydroxyl groups is 1. The third-order valence-corrected chi connectivity index (χ3v) is 2.97. The van der Waals surface area contributed by atoms with Gasteiger partial charge in [0.25, 0.3) is 0 Å². The van der Waals surface area contributed by atoms with E-state index in [4.69, 9.17) is 14.2 Å². The van der Waals surface area contributed by atoms with Crippen LogP contribution in [0.25, 0.3) is 0 Å². The van der Waals surface area contributed by atoms with Crippen molar-refractivity contribution in [1.29, 1.82) is 0 Å². The predicted octanol–water partition coefficient (Wildman–Crippen LogP) is 2.08. The summed E-state index contributed by atoms with van der Waals surface area (Å²) in [4.78, 5) is 23.3. The van der Waals surface area contributed by atoms with Gasteiger partial charge in [0.2, 0.25) is 0 Å². The Labute approximate surface area is 122 Å². The molecule has 0 bridgehead atoms. The number of phenolic OH excluding ortho intramolecular Hbond substituents is 1. The van der Waals surface area contributed by atoms with Crippen molar-refractivity contribution >= 4 is 11.8 Å². The number of hydrogen-bond acceptors (Lipinski definition) is 6. The summed E-state index contributed by atoms with van der Waals surface area (Å²) in [6.45, 7) is 5.27. The van der Waals surface area contributed by atoms with Crippen LogP contribution >= 0.6 is 0 Å². The van der Waals surface area contributed by atoms with Gasteiger partial charge in [-0.1, -0.05) is 0 Å². The molecular formula is C15H18O6. The van der Waals surface area contributed by atoms with Gasteiger partial charge in [0.15, 0.2) is 12.4 Å². The summed E-state index contributed by atoms with van der Waals surface area (Å²) < 4.78 is 15.7. The minimum Gasteiger partial charge on any atom is -0.507 e. The molecule has 6 nitrogen and oxygen atoms in total. The summed E-state index contributed by atoms with van der Waals surface area (Å²) in [5, 5.41) is 9.95. The van der Waals surface area contributed by atoms with E-state index in [0.717, 1.165) is 0 Å². The van der Waals surface area contributed by atoms with Crippen molar-refractivity contribution in [3.63, 3.8) is 0 Å². The van der Waals surface area contributed by atoms with E-state index in [1.165, 1.54) is 12.1 Å². The molecule has 0 unspecified atom stereocenters. The van der Waals surface area contributed by atoms with E-state index >= 15 is 0 Å². The SMILES string of the molecule is CCOC(=O)COc1cc(O)c2c(c1)OC(C)(C)CC2=O. The quantitative estimate of drug-likeness (QED) is 0.856. The number of benzene rings is 1. The highest BCUT2D eigenvalue weighted by atomic mass is 16.6. The summed E-state index contributed by atoms with van der Waals surface area (Å²) in [5.41, 5.74) is -0.492. The van der Waals surface area contributed by atoms with Crippen LogP contribution in [-0.2, 0) is 9.53 Å². The van der Waals surface area contributed by atoms with E-state index in [0.29, 0.717) is 0 Å². The fraction of sp³-hybridized carbons (Fsp3) is 0.467. The normalized spacial score (nSPS) is 15.9. The molecule has 1 N–H and O–H groups in total. The van der Waals surface area contributed by atoms with Crippen LogP contribution in [0.4, 0.5) is 0 Å². The largest absolute Gasteiger partial charge is 0.507 e. The van der Waals surface area contributed by atoms with Gasteiger partial charge in [-0.3, -0.25) is 4.79 Å². The van der Waals surface area contributed by atoms with Gasteiger partial charge in [-0.05, 0) is 20.8 Å². The monoisotopic (exact) mass is 294 g/mol. The van der Waals surface area contributed by atoms with E-state index < -0.39 is 11.6 Å². The maximum atomic E-state index is 12.0. The Morgan fingerprint density at radius 3 is 2.81 bits per heavy atom. The Hall–Kier alpha value is -2.24. The third-order valence-electron chi connectivity index (χ3n) is 2.97. The molecule has 0 amide bonds. The Kier molecular flexibility index (Phi) is 4.06. The van der Waals surface area contributed by atoms with Crippen molar-refractivity contribution in [3.05, 3.63) is 17.7 Å². The number of esters is 1. The predicted molar refractivity (Wildman–Crippen MR) is 73.9 cm³/mol. The molecule has 0 saturated carbocycles. The average molecular weight is 294 g/mol. The number of phenols is 1. The molecule has 0 radical (unpaired) electrons. The Balaban J connectivity index is 2.22. The highest BCUT2D eigenvalue weighted by molar-refractivity contribution is 6.03. The lowest BCUT2D eigenvalue weighted by molar-refractivity contribution is -0.145. The number of fused-ring (bicyclic) bond motifs is 1. The van der Waals surface area contributed by atoms with Crippen molar-refractivity contribution < 1.29 is 28.9 Å². The van der Waals surface area contributed by atoms with Gasteiger partial charge in [-0.25, -0.2) is 4.79 Å². The maximum Gasteiger partial charge on any atom is 0.344 e. The van der Waals surface area contributed by atoms with Crippen LogP contribution in [0.5, 0.6) is 17.2 Å². The first-order valence-electron chi connectivity index (χ1n) is 6.70. The number of hydrogen-bond donors (Lipinski definition) is 1. The van der Waals surface area contributed by atoms with Crippen LogP contribution in [-0.4, -0.2) is 35.7 Å². The van der Waals surface area contributed by atoms with E-state index in [-0.39, 0.29) is 48.2 Å². The van der Waals surface area contributed by atoms with E-state index in [1.807, 2.05) is 0 Å². The molecule has 0 saturated heterocycles. The first-order valence-corrected chi connectivity index (χ1v) is 6.70. The number of carbonyl (C=O) groups excluding carboxylic acids is 2. The molecule has 114 valence electrons. The molecular weight excluding hydrogens is 276 g/mol. The van der Waals surface area contributed by atoms with Gasteiger partial charge in [0.05, 0.1) is 13.0 Å². The fourth-order valence-corrected chi connectivity index (χ4v) is 2.17. The standard InChI is InChI=1S/C15H18O6/c1-4-19-13(18)8-20-9-5-10(16)14-11(17)7-15(2,3)21-12(14)6-9/h5-6,16H,4,7-8H2,1-3H3. The lowest BCUT2D eigenvalue weighted by Crippen LogP contribution is -2.35. The number of ketones is 1. The molecule has 0 aliphatic carbocycles. The zero-order valence-electron chi connectivity index (χ0n) is 12.3. The summed E-state index contributed by atoms with van der Waals surface area (Å²) in [5.74, 6) is -0.408. The van der Waals surface area contributed by atoms with Gasteiger partial charge in [0, 0.05) is 12.1 Å². The smallest absolute Gasteiger partial charge is 0.344 e. The highest BCUT2D eigenvalue weighted by Crippen LogP contribution is 2.40. The number of Topliss-reactive ketones (excluding diaryl/α,β-unsaturated/α-hetero) is 1. The minimum absolute atomic E-state index is 0.151. The van der Waals surface area contributed by atoms with Crippen LogP contribution in [0.1, 0.15) is 37.6 Å². The van der Waals surface area contributed by atoms with Crippen molar-refractivity contribution in [2.24, 2.45) is 0 Å². The van der Waals surface area contributed by atoms with Crippen LogP contribution in [0.2, 0.25) is 0 Å². The summed E-state index contributed by atoms with van der Waals surface area (Å²) in [6.07, 6.45) is 0.191. The minimum atomic E-state index is -0.643. The van der Waals surface area contributed by atoms with Crippen LogP contribution < -0.4 is 9.47 Å². The molecule has 21 heavy (non-hydrogen) atoms. The van der Waals surface area contributed by atoms with Gasteiger partial charge < -0.3 is 19.3 Å². The molecule has 0 atom stereocenters. The zero-order valence-corrected chi connectivity index (χ0v) is 12.3. The van der Waals surface area contributed by atoms with Crippen LogP contribution in [0, 0.1) is 0 Å². The number of ether oxygens (including phenoxy) is 3. The Morgan fingerprint density at radius 1 is 1.43 bits per heavy atom. The molecule has 1 heterocycles. The molecule has 1 aliphatic heterocycles. The molecule has 1 aromatic carbocycles. The van der Waals surface area contributed by atoms with E-state index in [9.17, 15) is 14.7 Å². The molecule has 0 spiro atoms. The summed E-state index contributed by atoms with van der Waals surface area (Å²) >= 11 is 0. The van der Waals surface area contributed by atoms with Crippen molar-refractivity contribution in [3.8, 4) is 17.2 Å².